The van der Waals surface area contributed by atoms with E-state index in [4.69, 9.17) is 9.15 Å². The van der Waals surface area contributed by atoms with Crippen molar-refractivity contribution in [1.29, 1.82) is 0 Å². The molecule has 0 aliphatic rings. The molecule has 0 aromatic carbocycles. The molecular weight excluding hydrogens is 178 g/mol. The number of pyridine rings is 1. The van der Waals surface area contributed by atoms with Crippen LogP contribution < -0.4 is 4.74 Å². The average Bonchev–Trinajstić information content (AvgIpc) is 2.63. The molecule has 0 spiro atoms. The highest BCUT2D eigenvalue weighted by Crippen LogP contribution is 2.10. The Morgan fingerprint density at radius 1 is 1.29 bits per heavy atom. The minimum Gasteiger partial charge on any atom is -0.469 e. The van der Waals surface area contributed by atoms with Crippen molar-refractivity contribution in [2.45, 2.75) is 13.5 Å². The Morgan fingerprint density at radius 2 is 2.21 bits per heavy atom. The van der Waals surface area contributed by atoms with Gasteiger partial charge < -0.3 is 9.15 Å². The molecule has 0 aliphatic heterocycles. The van der Waals surface area contributed by atoms with Crippen molar-refractivity contribution in [3.63, 3.8) is 0 Å². The summed E-state index contributed by atoms with van der Waals surface area (Å²) in [4.78, 5) is 4.04. The second kappa shape index (κ2) is 3.96. The highest BCUT2D eigenvalue weighted by molar-refractivity contribution is 5.10. The molecule has 0 bridgehead atoms. The van der Waals surface area contributed by atoms with Crippen LogP contribution in [0.3, 0.4) is 0 Å². The Bertz CT molecular complexity index is 395. The van der Waals surface area contributed by atoms with Gasteiger partial charge in [0.2, 0.25) is 5.88 Å². The largest absolute Gasteiger partial charge is 0.469 e. The average molecular weight is 189 g/mol. The molecule has 0 saturated carbocycles. The van der Waals surface area contributed by atoms with Gasteiger partial charge in [0.05, 0.1) is 0 Å². The smallest absolute Gasteiger partial charge is 0.213 e. The van der Waals surface area contributed by atoms with Crippen molar-refractivity contribution in [2.75, 3.05) is 0 Å². The van der Waals surface area contributed by atoms with Crippen molar-refractivity contribution in [3.8, 4) is 5.88 Å². The minimum absolute atomic E-state index is 0.421. The van der Waals surface area contributed by atoms with Crippen LogP contribution in [-0.4, -0.2) is 4.98 Å². The number of hydrogen-bond donors (Lipinski definition) is 0. The van der Waals surface area contributed by atoms with Gasteiger partial charge in [0.1, 0.15) is 18.1 Å². The summed E-state index contributed by atoms with van der Waals surface area (Å²) in [7, 11) is 0. The number of furan rings is 1. The SMILES string of the molecule is Cc1ccc(COc2ccccn2)o1. The van der Waals surface area contributed by atoms with Crippen LogP contribution in [0.5, 0.6) is 5.88 Å². The predicted molar refractivity (Wildman–Crippen MR) is 52.0 cm³/mol. The molecule has 0 saturated heterocycles. The number of rotatable bonds is 3. The van der Waals surface area contributed by atoms with Gasteiger partial charge in [0, 0.05) is 12.3 Å². The Labute approximate surface area is 82.3 Å². The fourth-order valence-electron chi connectivity index (χ4n) is 1.14. The molecule has 0 fully saturated rings. The second-order valence-corrected chi connectivity index (χ2v) is 2.97. The van der Waals surface area contributed by atoms with E-state index in [1.807, 2.05) is 37.3 Å². The number of hydrogen-bond acceptors (Lipinski definition) is 3. The van der Waals surface area contributed by atoms with Gasteiger partial charge in [-0.2, -0.15) is 0 Å². The maximum Gasteiger partial charge on any atom is 0.213 e. The van der Waals surface area contributed by atoms with E-state index in [-0.39, 0.29) is 0 Å². The van der Waals surface area contributed by atoms with Crippen LogP contribution in [0, 0.1) is 6.92 Å². The lowest BCUT2D eigenvalue weighted by atomic mass is 10.4. The first kappa shape index (κ1) is 8.81. The lowest BCUT2D eigenvalue weighted by Gasteiger charge is -2.01. The van der Waals surface area contributed by atoms with Gasteiger partial charge >= 0.3 is 0 Å². The number of ether oxygens (including phenoxy) is 1. The van der Waals surface area contributed by atoms with E-state index in [1.54, 1.807) is 6.20 Å². The van der Waals surface area contributed by atoms with Crippen LogP contribution in [0.4, 0.5) is 0 Å². The van der Waals surface area contributed by atoms with Crippen LogP contribution in [0.1, 0.15) is 11.5 Å². The predicted octanol–water partition coefficient (Wildman–Crippen LogP) is 2.56. The van der Waals surface area contributed by atoms with E-state index in [9.17, 15) is 0 Å². The zero-order chi connectivity index (χ0) is 9.80. The molecule has 2 rings (SSSR count). The van der Waals surface area contributed by atoms with Gasteiger partial charge in [0.15, 0.2) is 0 Å². The van der Waals surface area contributed by atoms with Gasteiger partial charge in [-0.15, -0.1) is 0 Å². The summed E-state index contributed by atoms with van der Waals surface area (Å²) in [6, 6.07) is 9.37. The van der Waals surface area contributed by atoms with E-state index >= 15 is 0 Å². The monoisotopic (exact) mass is 189 g/mol. The lowest BCUT2D eigenvalue weighted by Crippen LogP contribution is -1.94. The molecule has 0 N–H and O–H groups in total. The van der Waals surface area contributed by atoms with E-state index in [1.165, 1.54) is 0 Å². The maximum atomic E-state index is 5.40. The molecule has 2 aromatic rings. The zero-order valence-corrected chi connectivity index (χ0v) is 7.93. The molecule has 0 amide bonds. The molecule has 3 heteroatoms. The Hall–Kier alpha value is -1.77. The van der Waals surface area contributed by atoms with Crippen molar-refractivity contribution in [3.05, 3.63) is 48.0 Å². The van der Waals surface area contributed by atoms with Crippen LogP contribution in [0.25, 0.3) is 0 Å². The number of nitrogens with zero attached hydrogens (tertiary/aromatic N) is 1. The summed E-state index contributed by atoms with van der Waals surface area (Å²) >= 11 is 0. The van der Waals surface area contributed by atoms with Crippen molar-refractivity contribution < 1.29 is 9.15 Å². The van der Waals surface area contributed by atoms with E-state index in [2.05, 4.69) is 4.98 Å². The summed E-state index contributed by atoms with van der Waals surface area (Å²) in [5.41, 5.74) is 0. The van der Waals surface area contributed by atoms with Gasteiger partial charge in [-0.05, 0) is 25.1 Å². The number of aryl methyl sites for hydroxylation is 1. The Balaban J connectivity index is 1.95. The fraction of sp³-hybridized carbons (Fsp3) is 0.182. The summed E-state index contributed by atoms with van der Waals surface area (Å²) in [5, 5.41) is 0. The normalized spacial score (nSPS) is 10.1. The van der Waals surface area contributed by atoms with E-state index < -0.39 is 0 Å². The topological polar surface area (TPSA) is 35.3 Å². The quantitative estimate of drug-likeness (QED) is 0.744. The first-order chi connectivity index (χ1) is 6.84. The molecule has 0 aliphatic carbocycles. The first-order valence-electron chi connectivity index (χ1n) is 4.44. The minimum atomic E-state index is 0.421. The first-order valence-corrected chi connectivity index (χ1v) is 4.44. The summed E-state index contributed by atoms with van der Waals surface area (Å²) in [5.74, 6) is 2.32. The third-order valence-corrected chi connectivity index (χ3v) is 1.80. The number of aromatic nitrogens is 1. The zero-order valence-electron chi connectivity index (χ0n) is 7.93. The standard InChI is InChI=1S/C11H11NO2/c1-9-5-6-10(14-9)8-13-11-4-2-3-7-12-11/h2-7H,8H2,1H3. The van der Waals surface area contributed by atoms with Gasteiger partial charge in [-0.25, -0.2) is 4.98 Å². The third-order valence-electron chi connectivity index (χ3n) is 1.80. The van der Waals surface area contributed by atoms with Crippen LogP contribution in [0.15, 0.2) is 40.9 Å². The Kier molecular flexibility index (Phi) is 2.49. The maximum absolute atomic E-state index is 5.40. The molecule has 14 heavy (non-hydrogen) atoms. The Morgan fingerprint density at radius 3 is 2.86 bits per heavy atom. The van der Waals surface area contributed by atoms with Crippen LogP contribution >= 0.6 is 0 Å². The molecule has 2 heterocycles. The summed E-state index contributed by atoms with van der Waals surface area (Å²) < 4.78 is 10.8. The summed E-state index contributed by atoms with van der Waals surface area (Å²) in [6.45, 7) is 2.33. The molecule has 3 nitrogen and oxygen atoms in total. The van der Waals surface area contributed by atoms with Gasteiger partial charge in [0.25, 0.3) is 0 Å². The summed E-state index contributed by atoms with van der Waals surface area (Å²) in [6.07, 6.45) is 1.70. The van der Waals surface area contributed by atoms with Crippen molar-refractivity contribution in [2.24, 2.45) is 0 Å². The fourth-order valence-corrected chi connectivity index (χ4v) is 1.14. The molecule has 2 aromatic heterocycles. The third kappa shape index (κ3) is 2.13. The van der Waals surface area contributed by atoms with E-state index in [0.717, 1.165) is 11.5 Å². The molecule has 0 unspecified atom stereocenters. The second-order valence-electron chi connectivity index (χ2n) is 2.97. The molecule has 0 radical (unpaired) electrons. The van der Waals surface area contributed by atoms with Crippen molar-refractivity contribution >= 4 is 0 Å². The van der Waals surface area contributed by atoms with Crippen LogP contribution in [0.2, 0.25) is 0 Å². The highest BCUT2D eigenvalue weighted by Gasteiger charge is 1.99. The van der Waals surface area contributed by atoms with Crippen molar-refractivity contribution in [1.82, 2.24) is 4.98 Å². The van der Waals surface area contributed by atoms with Gasteiger partial charge in [-0.1, -0.05) is 6.07 Å². The molecular formula is C11H11NO2. The highest BCUT2D eigenvalue weighted by atomic mass is 16.5. The molecule has 72 valence electrons. The molecule has 0 atom stereocenters. The van der Waals surface area contributed by atoms with Crippen LogP contribution in [-0.2, 0) is 6.61 Å². The lowest BCUT2D eigenvalue weighted by molar-refractivity contribution is 0.258. The van der Waals surface area contributed by atoms with E-state index in [0.29, 0.717) is 12.5 Å². The van der Waals surface area contributed by atoms with Gasteiger partial charge in [-0.3, -0.25) is 0 Å².